The number of nitrogens with one attached hydrogen (secondary N) is 2. The molecular weight excluding hydrogens is 257 g/mol. The Kier molecular flexibility index (Phi) is 3.07. The number of carboxylic acid groups (broad SMARTS) is 1. The van der Waals surface area contributed by atoms with Crippen molar-refractivity contribution in [1.82, 2.24) is 9.55 Å². The number of aliphatic carboxylic acids is 1. The maximum Gasteiger partial charge on any atom is 0.328 e. The second-order valence-electron chi connectivity index (χ2n) is 3.91. The van der Waals surface area contributed by atoms with E-state index in [0.29, 0.717) is 0 Å². The van der Waals surface area contributed by atoms with Gasteiger partial charge in [-0.25, -0.2) is 9.18 Å². The van der Waals surface area contributed by atoms with Crippen molar-refractivity contribution in [3.63, 3.8) is 0 Å². The second kappa shape index (κ2) is 4.56. The topological polar surface area (TPSA) is 104 Å². The monoisotopic (exact) mass is 267 g/mol. The van der Waals surface area contributed by atoms with Gasteiger partial charge < -0.3 is 10.4 Å². The van der Waals surface area contributed by atoms with Gasteiger partial charge in [0.15, 0.2) is 0 Å². The summed E-state index contributed by atoms with van der Waals surface area (Å²) >= 11 is 0. The van der Waals surface area contributed by atoms with Crippen LogP contribution in [0, 0.1) is 5.82 Å². The Morgan fingerprint density at radius 3 is 2.79 bits per heavy atom. The van der Waals surface area contributed by atoms with Crippen LogP contribution in [0.4, 0.5) is 10.1 Å². The fourth-order valence-corrected chi connectivity index (χ4v) is 1.69. The summed E-state index contributed by atoms with van der Waals surface area (Å²) in [5.74, 6) is -1.92. The Morgan fingerprint density at radius 2 is 2.16 bits per heavy atom. The highest BCUT2D eigenvalue weighted by molar-refractivity contribution is 5.83. The maximum absolute atomic E-state index is 13.7. The van der Waals surface area contributed by atoms with Crippen molar-refractivity contribution in [3.05, 3.63) is 38.8 Å². The Hall–Kier alpha value is -2.64. The lowest BCUT2D eigenvalue weighted by atomic mass is 10.2. The Labute approximate surface area is 105 Å². The first-order valence-electron chi connectivity index (χ1n) is 5.28. The van der Waals surface area contributed by atoms with E-state index in [4.69, 9.17) is 5.11 Å². The van der Waals surface area contributed by atoms with Crippen LogP contribution in [0.25, 0.3) is 10.9 Å². The zero-order valence-electron chi connectivity index (χ0n) is 9.86. The number of aromatic amines is 1. The molecule has 0 saturated heterocycles. The number of carboxylic acids is 1. The number of halogens is 1. The van der Waals surface area contributed by atoms with Crippen molar-refractivity contribution in [2.24, 2.45) is 7.05 Å². The molecule has 3 N–H and O–H groups in total. The smallest absolute Gasteiger partial charge is 0.328 e. The van der Waals surface area contributed by atoms with Gasteiger partial charge in [0.05, 0.1) is 16.6 Å². The lowest BCUT2D eigenvalue weighted by Crippen LogP contribution is -2.28. The third-order valence-corrected chi connectivity index (χ3v) is 2.65. The average Bonchev–Trinajstić information content (AvgIpc) is 2.34. The summed E-state index contributed by atoms with van der Waals surface area (Å²) in [4.78, 5) is 35.4. The van der Waals surface area contributed by atoms with Gasteiger partial charge in [0, 0.05) is 7.05 Å². The number of benzene rings is 1. The van der Waals surface area contributed by atoms with Gasteiger partial charge in [0.1, 0.15) is 12.4 Å². The van der Waals surface area contributed by atoms with Gasteiger partial charge in [-0.15, -0.1) is 0 Å². The molecule has 7 nitrogen and oxygen atoms in total. The third kappa shape index (κ3) is 2.32. The number of hydrogen-bond donors (Lipinski definition) is 3. The predicted octanol–water partition coefficient (Wildman–Crippen LogP) is -0.138. The Morgan fingerprint density at radius 1 is 1.47 bits per heavy atom. The molecule has 0 amide bonds. The molecule has 8 heteroatoms. The van der Waals surface area contributed by atoms with Crippen molar-refractivity contribution in [1.29, 1.82) is 0 Å². The molecule has 0 atom stereocenters. The van der Waals surface area contributed by atoms with Crippen LogP contribution in [-0.4, -0.2) is 27.2 Å². The van der Waals surface area contributed by atoms with Crippen molar-refractivity contribution in [2.45, 2.75) is 0 Å². The van der Waals surface area contributed by atoms with Gasteiger partial charge in [0.25, 0.3) is 5.56 Å². The van der Waals surface area contributed by atoms with Gasteiger partial charge in [-0.3, -0.25) is 19.1 Å². The fraction of sp³-hybridized carbons (Fsp3) is 0.182. The first-order valence-corrected chi connectivity index (χ1v) is 5.28. The number of H-pyrrole nitrogens is 1. The first-order chi connectivity index (χ1) is 8.90. The summed E-state index contributed by atoms with van der Waals surface area (Å²) in [6.07, 6.45) is 0. The SMILES string of the molecule is Cn1c(=O)[nH]c(=O)c2cc(F)c(NCC(=O)O)cc21. The molecule has 19 heavy (non-hydrogen) atoms. The second-order valence-corrected chi connectivity index (χ2v) is 3.91. The highest BCUT2D eigenvalue weighted by Crippen LogP contribution is 2.19. The molecule has 0 bridgehead atoms. The molecule has 0 spiro atoms. The van der Waals surface area contributed by atoms with E-state index in [9.17, 15) is 18.8 Å². The normalized spacial score (nSPS) is 10.6. The first kappa shape index (κ1) is 12.8. The summed E-state index contributed by atoms with van der Waals surface area (Å²) in [5.41, 5.74) is -1.20. The molecule has 0 aliphatic heterocycles. The summed E-state index contributed by atoms with van der Waals surface area (Å²) in [5, 5.41) is 10.9. The number of fused-ring (bicyclic) bond motifs is 1. The van der Waals surface area contributed by atoms with Gasteiger partial charge in [-0.05, 0) is 12.1 Å². The van der Waals surface area contributed by atoms with Crippen LogP contribution >= 0.6 is 0 Å². The van der Waals surface area contributed by atoms with Crippen molar-refractivity contribution < 1.29 is 14.3 Å². The molecule has 0 saturated carbocycles. The van der Waals surface area contributed by atoms with Crippen LogP contribution in [0.2, 0.25) is 0 Å². The van der Waals surface area contributed by atoms with E-state index in [0.717, 1.165) is 10.6 Å². The molecule has 0 aliphatic rings. The molecule has 1 heterocycles. The molecule has 0 radical (unpaired) electrons. The molecule has 1 aromatic heterocycles. The Bertz CT molecular complexity index is 778. The lowest BCUT2D eigenvalue weighted by molar-refractivity contribution is -0.134. The number of rotatable bonds is 3. The summed E-state index contributed by atoms with van der Waals surface area (Å²) in [6, 6.07) is 2.18. The minimum absolute atomic E-state index is 0.0143. The zero-order chi connectivity index (χ0) is 14.2. The van der Waals surface area contributed by atoms with Crippen molar-refractivity contribution >= 4 is 22.6 Å². The molecular formula is C11H10FN3O4. The van der Waals surface area contributed by atoms with E-state index in [2.05, 4.69) is 5.32 Å². The van der Waals surface area contributed by atoms with Crippen LogP contribution < -0.4 is 16.6 Å². The molecule has 0 fully saturated rings. The van der Waals surface area contributed by atoms with Crippen LogP contribution in [0.1, 0.15) is 0 Å². The zero-order valence-corrected chi connectivity index (χ0v) is 9.86. The minimum Gasteiger partial charge on any atom is -0.480 e. The summed E-state index contributed by atoms with van der Waals surface area (Å²) < 4.78 is 14.8. The summed E-state index contributed by atoms with van der Waals surface area (Å²) in [7, 11) is 1.42. The number of anilines is 1. The van der Waals surface area contributed by atoms with Crippen LogP contribution in [0.3, 0.4) is 0 Å². The number of aryl methyl sites for hydroxylation is 1. The molecule has 1 aromatic carbocycles. The number of carbonyl (C=O) groups is 1. The third-order valence-electron chi connectivity index (χ3n) is 2.65. The largest absolute Gasteiger partial charge is 0.480 e. The standard InChI is InChI=1S/C11H10FN3O4/c1-15-8-3-7(13-4-9(16)17)6(12)2-5(8)10(18)14-11(15)19/h2-3,13H,4H2,1H3,(H,16,17)(H,14,18,19). The van der Waals surface area contributed by atoms with Gasteiger partial charge in [-0.2, -0.15) is 0 Å². The number of nitrogens with zero attached hydrogens (tertiary/aromatic N) is 1. The van der Waals surface area contributed by atoms with Gasteiger partial charge in [-0.1, -0.05) is 0 Å². The van der Waals surface area contributed by atoms with E-state index in [1.165, 1.54) is 13.1 Å². The van der Waals surface area contributed by atoms with Gasteiger partial charge in [0.2, 0.25) is 0 Å². The van der Waals surface area contributed by atoms with Crippen LogP contribution in [-0.2, 0) is 11.8 Å². The van der Waals surface area contributed by atoms with E-state index in [-0.39, 0.29) is 16.6 Å². The van der Waals surface area contributed by atoms with E-state index in [1.807, 2.05) is 4.98 Å². The molecule has 100 valence electrons. The number of aromatic nitrogens is 2. The molecule has 0 unspecified atom stereocenters. The van der Waals surface area contributed by atoms with Crippen LogP contribution in [0.5, 0.6) is 0 Å². The maximum atomic E-state index is 13.7. The minimum atomic E-state index is -1.15. The average molecular weight is 267 g/mol. The van der Waals surface area contributed by atoms with E-state index in [1.54, 1.807) is 0 Å². The molecule has 0 aliphatic carbocycles. The van der Waals surface area contributed by atoms with E-state index >= 15 is 0 Å². The molecule has 2 rings (SSSR count). The lowest BCUT2D eigenvalue weighted by Gasteiger charge is -2.09. The van der Waals surface area contributed by atoms with Crippen molar-refractivity contribution in [2.75, 3.05) is 11.9 Å². The highest BCUT2D eigenvalue weighted by atomic mass is 19.1. The summed E-state index contributed by atoms with van der Waals surface area (Å²) in [6.45, 7) is -0.473. The number of hydrogen-bond acceptors (Lipinski definition) is 4. The van der Waals surface area contributed by atoms with Crippen LogP contribution in [0.15, 0.2) is 21.7 Å². The van der Waals surface area contributed by atoms with E-state index < -0.39 is 29.6 Å². The fourth-order valence-electron chi connectivity index (χ4n) is 1.69. The van der Waals surface area contributed by atoms with Gasteiger partial charge >= 0.3 is 11.7 Å². The van der Waals surface area contributed by atoms with Crippen molar-refractivity contribution in [3.8, 4) is 0 Å². The molecule has 2 aromatic rings. The highest BCUT2D eigenvalue weighted by Gasteiger charge is 2.11. The quantitative estimate of drug-likeness (QED) is 0.718. The predicted molar refractivity (Wildman–Crippen MR) is 65.9 cm³/mol. The Balaban J connectivity index is 2.67.